The molecule has 1 aromatic carbocycles. The van der Waals surface area contributed by atoms with Gasteiger partial charge in [-0.3, -0.25) is 9.59 Å². The second-order valence-electron chi connectivity index (χ2n) is 6.48. The summed E-state index contributed by atoms with van der Waals surface area (Å²) >= 11 is 0. The van der Waals surface area contributed by atoms with Crippen LogP contribution in [0.15, 0.2) is 66.0 Å². The van der Waals surface area contributed by atoms with Crippen LogP contribution in [0.4, 0.5) is 0 Å². The monoisotopic (exact) mass is 427 g/mol. The van der Waals surface area contributed by atoms with Crippen molar-refractivity contribution in [3.63, 3.8) is 0 Å². The highest BCUT2D eigenvalue weighted by Crippen LogP contribution is 2.11. The van der Waals surface area contributed by atoms with E-state index in [0.717, 1.165) is 5.56 Å². The Bertz CT molecular complexity index is 1130. The average Bonchev–Trinajstić information content (AvgIpc) is 3.27. The Morgan fingerprint density at radius 3 is 2.53 bits per heavy atom. The molecular weight excluding hydrogens is 406 g/mol. The first-order chi connectivity index (χ1) is 14.3. The lowest BCUT2D eigenvalue weighted by Crippen LogP contribution is -2.30. The number of sulfonamides is 1. The smallest absolute Gasteiger partial charge is 0.240 e. The van der Waals surface area contributed by atoms with E-state index in [-0.39, 0.29) is 36.1 Å². The summed E-state index contributed by atoms with van der Waals surface area (Å²) < 4.78 is 28.6. The van der Waals surface area contributed by atoms with Gasteiger partial charge in [0.05, 0.1) is 4.90 Å². The van der Waals surface area contributed by atoms with Crippen LogP contribution in [0.3, 0.4) is 0 Å². The van der Waals surface area contributed by atoms with E-state index in [2.05, 4.69) is 20.1 Å². The second kappa shape index (κ2) is 9.42. The van der Waals surface area contributed by atoms with E-state index < -0.39 is 10.0 Å². The van der Waals surface area contributed by atoms with Crippen molar-refractivity contribution in [1.29, 1.82) is 0 Å². The molecule has 0 aliphatic carbocycles. The summed E-state index contributed by atoms with van der Waals surface area (Å²) in [7, 11) is -3.76. The summed E-state index contributed by atoms with van der Waals surface area (Å²) in [5, 5.41) is 6.86. The number of hydrogen-bond acceptors (Lipinski definition) is 6. The molecule has 0 fully saturated rings. The minimum atomic E-state index is -3.76. The first kappa shape index (κ1) is 21.3. The molecule has 0 spiro atoms. The van der Waals surface area contributed by atoms with Gasteiger partial charge in [0, 0.05) is 43.7 Å². The van der Waals surface area contributed by atoms with Gasteiger partial charge in [0.15, 0.2) is 11.6 Å². The molecular formula is C20H21N5O4S. The molecule has 9 nitrogen and oxygen atoms in total. The maximum absolute atomic E-state index is 12.3. The predicted molar refractivity (Wildman–Crippen MR) is 109 cm³/mol. The van der Waals surface area contributed by atoms with E-state index in [4.69, 9.17) is 0 Å². The van der Waals surface area contributed by atoms with Gasteiger partial charge in [-0.2, -0.15) is 5.10 Å². The number of hydrogen-bond donors (Lipinski definition) is 2. The van der Waals surface area contributed by atoms with Crippen LogP contribution in [0.5, 0.6) is 0 Å². The fraction of sp³-hybridized carbons (Fsp3) is 0.200. The van der Waals surface area contributed by atoms with Crippen LogP contribution in [0.2, 0.25) is 0 Å². The van der Waals surface area contributed by atoms with Crippen LogP contribution in [-0.4, -0.2) is 41.4 Å². The third-order valence-corrected chi connectivity index (χ3v) is 5.73. The van der Waals surface area contributed by atoms with E-state index in [9.17, 15) is 18.0 Å². The lowest BCUT2D eigenvalue weighted by molar-refractivity contribution is -0.121. The van der Waals surface area contributed by atoms with Crippen LogP contribution in [0.25, 0.3) is 5.82 Å². The molecule has 0 atom stereocenters. The van der Waals surface area contributed by atoms with Crippen molar-refractivity contribution in [3.8, 4) is 5.82 Å². The highest BCUT2D eigenvalue weighted by Gasteiger charge is 2.14. The lowest BCUT2D eigenvalue weighted by atomic mass is 10.2. The van der Waals surface area contributed by atoms with Crippen molar-refractivity contribution in [3.05, 3.63) is 72.2 Å². The molecule has 0 radical (unpaired) electrons. The number of amides is 1. The van der Waals surface area contributed by atoms with Gasteiger partial charge >= 0.3 is 0 Å². The SMILES string of the molecule is CC(=O)c1ccc(S(=O)(=O)NCCC(=O)NCc2ccnc(-n3cccn3)c2)cc1. The maximum Gasteiger partial charge on any atom is 0.240 e. The molecule has 0 bridgehead atoms. The van der Waals surface area contributed by atoms with Crippen molar-refractivity contribution in [2.45, 2.75) is 24.8 Å². The van der Waals surface area contributed by atoms with Gasteiger partial charge in [-0.1, -0.05) is 12.1 Å². The standard InChI is InChI=1S/C20H21N5O4S/c1-15(26)17-3-5-18(6-4-17)30(28,29)24-11-8-20(27)22-14-16-7-10-21-19(13-16)25-12-2-9-23-25/h2-7,9-10,12-13,24H,8,11,14H2,1H3,(H,22,27). The van der Waals surface area contributed by atoms with Crippen molar-refractivity contribution in [1.82, 2.24) is 24.8 Å². The Kier molecular flexibility index (Phi) is 6.70. The van der Waals surface area contributed by atoms with Crippen LogP contribution in [-0.2, 0) is 21.4 Å². The molecule has 0 aliphatic heterocycles. The van der Waals surface area contributed by atoms with E-state index in [1.165, 1.54) is 31.2 Å². The van der Waals surface area contributed by atoms with Crippen LogP contribution >= 0.6 is 0 Å². The highest BCUT2D eigenvalue weighted by molar-refractivity contribution is 7.89. The zero-order valence-corrected chi connectivity index (χ0v) is 17.1. The van der Waals surface area contributed by atoms with Gasteiger partial charge in [-0.05, 0) is 42.8 Å². The number of nitrogens with one attached hydrogen (secondary N) is 2. The van der Waals surface area contributed by atoms with Crippen LogP contribution < -0.4 is 10.0 Å². The number of aromatic nitrogens is 3. The van der Waals surface area contributed by atoms with Gasteiger partial charge in [0.25, 0.3) is 0 Å². The van der Waals surface area contributed by atoms with Crippen molar-refractivity contribution in [2.24, 2.45) is 0 Å². The first-order valence-corrected chi connectivity index (χ1v) is 10.7. The van der Waals surface area contributed by atoms with Crippen LogP contribution in [0.1, 0.15) is 29.3 Å². The minimum Gasteiger partial charge on any atom is -0.352 e. The fourth-order valence-corrected chi connectivity index (χ4v) is 3.67. The molecule has 0 aliphatic rings. The minimum absolute atomic E-state index is 0.0120. The Morgan fingerprint density at radius 1 is 1.10 bits per heavy atom. The van der Waals surface area contributed by atoms with Gasteiger partial charge in [-0.15, -0.1) is 0 Å². The number of carbonyl (C=O) groups excluding carboxylic acids is 2. The number of benzene rings is 1. The molecule has 2 aromatic heterocycles. The summed E-state index contributed by atoms with van der Waals surface area (Å²) in [6, 6.07) is 11.0. The first-order valence-electron chi connectivity index (χ1n) is 9.17. The number of carbonyl (C=O) groups is 2. The normalized spacial score (nSPS) is 11.2. The van der Waals surface area contributed by atoms with Crippen LogP contribution in [0, 0.1) is 0 Å². The molecule has 3 aromatic rings. The summed E-state index contributed by atoms with van der Waals surface area (Å²) in [5.74, 6) is 0.201. The highest BCUT2D eigenvalue weighted by atomic mass is 32.2. The molecule has 3 rings (SSSR count). The van der Waals surface area contributed by atoms with Gasteiger partial charge in [0.1, 0.15) is 0 Å². The molecule has 30 heavy (non-hydrogen) atoms. The molecule has 0 saturated carbocycles. The summed E-state index contributed by atoms with van der Waals surface area (Å²) in [5.41, 5.74) is 1.27. The molecule has 1 amide bonds. The molecule has 0 saturated heterocycles. The number of rotatable bonds is 9. The molecule has 2 N–H and O–H groups in total. The van der Waals surface area contributed by atoms with E-state index in [1.54, 1.807) is 41.5 Å². The lowest BCUT2D eigenvalue weighted by Gasteiger charge is -2.09. The average molecular weight is 427 g/mol. The Hall–Kier alpha value is -3.37. The topological polar surface area (TPSA) is 123 Å². The zero-order chi connectivity index (χ0) is 21.6. The quantitative estimate of drug-likeness (QED) is 0.498. The number of pyridine rings is 1. The maximum atomic E-state index is 12.3. The Morgan fingerprint density at radius 2 is 1.87 bits per heavy atom. The van der Waals surface area contributed by atoms with E-state index >= 15 is 0 Å². The second-order valence-corrected chi connectivity index (χ2v) is 8.24. The summed E-state index contributed by atoms with van der Waals surface area (Å²) in [4.78, 5) is 27.6. The number of nitrogens with zero attached hydrogens (tertiary/aromatic N) is 3. The van der Waals surface area contributed by atoms with E-state index in [0.29, 0.717) is 11.4 Å². The zero-order valence-electron chi connectivity index (χ0n) is 16.3. The van der Waals surface area contributed by atoms with Gasteiger partial charge in [0.2, 0.25) is 15.9 Å². The molecule has 0 unspecified atom stereocenters. The summed E-state index contributed by atoms with van der Waals surface area (Å²) in [6.45, 7) is 1.65. The fourth-order valence-electron chi connectivity index (χ4n) is 2.64. The Balaban J connectivity index is 1.48. The third kappa shape index (κ3) is 5.58. The Labute approximate surface area is 174 Å². The van der Waals surface area contributed by atoms with Crippen molar-refractivity contribution in [2.75, 3.05) is 6.54 Å². The number of Topliss-reactive ketones (excluding diaryl/α,β-unsaturated/α-hetero) is 1. The molecule has 156 valence electrons. The van der Waals surface area contributed by atoms with E-state index in [1.807, 2.05) is 0 Å². The summed E-state index contributed by atoms with van der Waals surface area (Å²) in [6.07, 6.45) is 5.03. The third-order valence-electron chi connectivity index (χ3n) is 4.25. The molecule has 2 heterocycles. The van der Waals surface area contributed by atoms with Crippen molar-refractivity contribution < 1.29 is 18.0 Å². The van der Waals surface area contributed by atoms with Crippen molar-refractivity contribution >= 4 is 21.7 Å². The number of ketones is 1. The van der Waals surface area contributed by atoms with Gasteiger partial charge < -0.3 is 5.32 Å². The van der Waals surface area contributed by atoms with Gasteiger partial charge in [-0.25, -0.2) is 22.8 Å². The largest absolute Gasteiger partial charge is 0.352 e. The molecule has 10 heteroatoms. The predicted octanol–water partition coefficient (Wildman–Crippen LogP) is 1.45.